The van der Waals surface area contributed by atoms with Crippen molar-refractivity contribution in [3.8, 4) is 0 Å². The van der Waals surface area contributed by atoms with Gasteiger partial charge in [-0.25, -0.2) is 9.50 Å². The molecule has 4 heterocycles. The van der Waals surface area contributed by atoms with Crippen LogP contribution < -0.4 is 0 Å². The van der Waals surface area contributed by atoms with Crippen molar-refractivity contribution in [2.24, 2.45) is 0 Å². The van der Waals surface area contributed by atoms with E-state index in [9.17, 15) is 9.59 Å². The molecule has 0 aliphatic carbocycles. The van der Waals surface area contributed by atoms with Crippen LogP contribution in [0.3, 0.4) is 0 Å². The Morgan fingerprint density at radius 1 is 1.16 bits per heavy atom. The number of hydrogen-bond donors (Lipinski definition) is 0. The second-order valence-corrected chi connectivity index (χ2v) is 6.52. The fourth-order valence-electron chi connectivity index (χ4n) is 3.38. The van der Waals surface area contributed by atoms with E-state index in [1.165, 1.54) is 0 Å². The van der Waals surface area contributed by atoms with Crippen LogP contribution in [0.5, 0.6) is 0 Å². The summed E-state index contributed by atoms with van der Waals surface area (Å²) < 4.78 is 7.09. The Morgan fingerprint density at radius 2 is 1.92 bits per heavy atom. The van der Waals surface area contributed by atoms with Crippen molar-refractivity contribution < 1.29 is 14.3 Å². The maximum Gasteiger partial charge on any atom is 0.274 e. The molecule has 2 saturated heterocycles. The van der Waals surface area contributed by atoms with Gasteiger partial charge in [-0.1, -0.05) is 0 Å². The largest absolute Gasteiger partial charge is 0.368 e. The molecule has 2 aromatic rings. The Bertz CT molecular complexity index is 804. The van der Waals surface area contributed by atoms with Crippen molar-refractivity contribution in [2.45, 2.75) is 25.9 Å². The molecule has 0 bridgehead atoms. The minimum Gasteiger partial charge on any atom is -0.368 e. The number of hydrogen-bond acceptors (Lipinski definition) is 5. The number of rotatable bonds is 2. The zero-order chi connectivity index (χ0) is 17.4. The molecule has 0 aromatic carbocycles. The first kappa shape index (κ1) is 16.0. The van der Waals surface area contributed by atoms with Gasteiger partial charge in [0.05, 0.1) is 11.9 Å². The van der Waals surface area contributed by atoms with Gasteiger partial charge in [0.2, 0.25) is 0 Å². The van der Waals surface area contributed by atoms with Crippen LogP contribution in [0.15, 0.2) is 18.3 Å². The van der Waals surface area contributed by atoms with Gasteiger partial charge in [-0.3, -0.25) is 9.59 Å². The maximum absolute atomic E-state index is 12.7. The summed E-state index contributed by atoms with van der Waals surface area (Å²) >= 11 is 0. The summed E-state index contributed by atoms with van der Waals surface area (Å²) in [5.74, 6) is -0.0597. The van der Waals surface area contributed by atoms with Gasteiger partial charge in [-0.05, 0) is 31.9 Å². The lowest BCUT2D eigenvalue weighted by molar-refractivity contribution is -0.142. The van der Waals surface area contributed by atoms with Crippen LogP contribution in [-0.2, 0) is 9.53 Å². The predicted octanol–water partition coefficient (Wildman–Crippen LogP) is 0.501. The van der Waals surface area contributed by atoms with Crippen LogP contribution in [-0.4, -0.2) is 75.1 Å². The van der Waals surface area contributed by atoms with E-state index >= 15 is 0 Å². The third kappa shape index (κ3) is 3.09. The van der Waals surface area contributed by atoms with Gasteiger partial charge in [0, 0.05) is 32.8 Å². The Morgan fingerprint density at radius 3 is 2.64 bits per heavy atom. The average molecular weight is 343 g/mol. The number of piperazine rings is 1. The molecule has 2 aliphatic heterocycles. The highest BCUT2D eigenvalue weighted by Crippen LogP contribution is 2.16. The molecule has 8 heteroatoms. The zero-order valence-electron chi connectivity index (χ0n) is 14.2. The molecule has 0 N–H and O–H groups in total. The Hall–Kier alpha value is -2.48. The van der Waals surface area contributed by atoms with E-state index in [0.717, 1.165) is 24.2 Å². The molecule has 2 fully saturated rings. The first-order valence-corrected chi connectivity index (χ1v) is 8.64. The first-order chi connectivity index (χ1) is 12.1. The number of nitrogens with zero attached hydrogens (tertiary/aromatic N) is 5. The molecule has 2 aliphatic rings. The van der Waals surface area contributed by atoms with E-state index in [2.05, 4.69) is 10.1 Å². The molecular formula is C17H21N5O3. The van der Waals surface area contributed by atoms with Crippen molar-refractivity contribution in [2.75, 3.05) is 32.8 Å². The predicted molar refractivity (Wildman–Crippen MR) is 89.2 cm³/mol. The van der Waals surface area contributed by atoms with Gasteiger partial charge >= 0.3 is 0 Å². The van der Waals surface area contributed by atoms with Gasteiger partial charge in [-0.15, -0.1) is 0 Å². The van der Waals surface area contributed by atoms with Gasteiger partial charge in [0.1, 0.15) is 11.8 Å². The smallest absolute Gasteiger partial charge is 0.274 e. The second-order valence-electron chi connectivity index (χ2n) is 6.52. The lowest BCUT2D eigenvalue weighted by atomic mass is 10.2. The van der Waals surface area contributed by atoms with Gasteiger partial charge in [0.15, 0.2) is 5.65 Å². The minimum absolute atomic E-state index is 0.0537. The molecule has 1 atom stereocenters. The number of carbonyl (C=O) groups excluding carboxylic acids is 2. The van der Waals surface area contributed by atoms with Crippen LogP contribution in [0, 0.1) is 6.92 Å². The average Bonchev–Trinajstić information content (AvgIpc) is 3.28. The van der Waals surface area contributed by atoms with Crippen molar-refractivity contribution in [3.05, 3.63) is 29.7 Å². The Balaban J connectivity index is 1.40. The molecule has 4 rings (SSSR count). The Kier molecular flexibility index (Phi) is 4.12. The number of imidazole rings is 1. The van der Waals surface area contributed by atoms with Crippen molar-refractivity contribution >= 4 is 17.5 Å². The summed E-state index contributed by atoms with van der Waals surface area (Å²) in [4.78, 5) is 32.9. The number of ether oxygens (including phenoxy) is 1. The molecule has 2 aromatic heterocycles. The molecule has 0 spiro atoms. The van der Waals surface area contributed by atoms with Crippen LogP contribution in [0.4, 0.5) is 0 Å². The van der Waals surface area contributed by atoms with Crippen LogP contribution >= 0.6 is 0 Å². The summed E-state index contributed by atoms with van der Waals surface area (Å²) in [5.41, 5.74) is 1.98. The fourth-order valence-corrected chi connectivity index (χ4v) is 3.38. The third-order valence-corrected chi connectivity index (χ3v) is 4.74. The molecule has 25 heavy (non-hydrogen) atoms. The molecular weight excluding hydrogens is 322 g/mol. The maximum atomic E-state index is 12.7. The number of carbonyl (C=O) groups is 2. The summed E-state index contributed by atoms with van der Waals surface area (Å²) in [6.45, 7) is 4.66. The molecule has 0 saturated carbocycles. The highest BCUT2D eigenvalue weighted by Gasteiger charge is 2.31. The summed E-state index contributed by atoms with van der Waals surface area (Å²) in [7, 11) is 0. The van der Waals surface area contributed by atoms with E-state index in [-0.39, 0.29) is 17.9 Å². The first-order valence-electron chi connectivity index (χ1n) is 8.64. The van der Waals surface area contributed by atoms with E-state index in [4.69, 9.17) is 4.74 Å². The van der Waals surface area contributed by atoms with E-state index in [1.807, 2.05) is 6.92 Å². The molecule has 2 amide bonds. The lowest BCUT2D eigenvalue weighted by Gasteiger charge is -2.35. The quantitative estimate of drug-likeness (QED) is 0.793. The topological polar surface area (TPSA) is 80.0 Å². The van der Waals surface area contributed by atoms with Crippen molar-refractivity contribution in [3.63, 3.8) is 0 Å². The van der Waals surface area contributed by atoms with Crippen LogP contribution in [0.2, 0.25) is 0 Å². The van der Waals surface area contributed by atoms with Gasteiger partial charge in [-0.2, -0.15) is 5.10 Å². The lowest BCUT2D eigenvalue weighted by Crippen LogP contribution is -2.53. The summed E-state index contributed by atoms with van der Waals surface area (Å²) in [5, 5.41) is 4.35. The van der Waals surface area contributed by atoms with Crippen LogP contribution in [0.25, 0.3) is 5.65 Å². The summed E-state index contributed by atoms with van der Waals surface area (Å²) in [6.07, 6.45) is 3.24. The number of aryl methyl sites for hydroxylation is 1. The highest BCUT2D eigenvalue weighted by molar-refractivity contribution is 5.92. The molecule has 132 valence electrons. The number of aromatic nitrogens is 3. The van der Waals surface area contributed by atoms with Gasteiger partial charge < -0.3 is 14.5 Å². The minimum atomic E-state index is -0.296. The van der Waals surface area contributed by atoms with Gasteiger partial charge in [0.25, 0.3) is 11.8 Å². The van der Waals surface area contributed by atoms with E-state index < -0.39 is 0 Å². The molecule has 0 radical (unpaired) electrons. The van der Waals surface area contributed by atoms with Crippen molar-refractivity contribution in [1.82, 2.24) is 24.4 Å². The van der Waals surface area contributed by atoms with E-state index in [0.29, 0.717) is 38.5 Å². The van der Waals surface area contributed by atoms with Crippen molar-refractivity contribution in [1.29, 1.82) is 0 Å². The molecule has 8 nitrogen and oxygen atoms in total. The fraction of sp³-hybridized carbons (Fsp3) is 0.529. The SMILES string of the molecule is Cc1cn2nc(C(=O)N3CCN(C(=O)C4CCCO4)CC3)ccc2n1. The monoisotopic (exact) mass is 343 g/mol. The normalized spacial score (nSPS) is 21.1. The zero-order valence-corrected chi connectivity index (χ0v) is 14.2. The third-order valence-electron chi connectivity index (χ3n) is 4.74. The highest BCUT2D eigenvalue weighted by atomic mass is 16.5. The number of fused-ring (bicyclic) bond motifs is 1. The van der Waals surface area contributed by atoms with Crippen LogP contribution in [0.1, 0.15) is 29.0 Å². The summed E-state index contributed by atoms with van der Waals surface area (Å²) in [6, 6.07) is 3.50. The second kappa shape index (κ2) is 6.44. The number of amides is 2. The molecule has 1 unspecified atom stereocenters. The standard InChI is InChI=1S/C17H21N5O3/c1-12-11-22-15(18-12)5-4-13(19-22)16(23)20-6-8-21(9-7-20)17(24)14-3-2-10-25-14/h4-5,11,14H,2-3,6-10H2,1H3. The van der Waals surface area contributed by atoms with E-state index in [1.54, 1.807) is 32.6 Å². The Labute approximate surface area is 145 Å².